The molecule has 0 heterocycles. The van der Waals surface area contributed by atoms with E-state index in [0.29, 0.717) is 0 Å². The van der Waals surface area contributed by atoms with Crippen LogP contribution >= 0.6 is 0 Å². The van der Waals surface area contributed by atoms with Gasteiger partial charge in [-0.3, -0.25) is 0 Å². The number of aliphatic hydroxyl groups is 1. The van der Waals surface area contributed by atoms with Crippen LogP contribution in [0.3, 0.4) is 0 Å². The van der Waals surface area contributed by atoms with E-state index in [-0.39, 0.29) is 12.6 Å². The van der Waals surface area contributed by atoms with Crippen LogP contribution in [-0.4, -0.2) is 49.3 Å². The van der Waals surface area contributed by atoms with Gasteiger partial charge >= 0.3 is 0 Å². The highest BCUT2D eigenvalue weighted by Crippen LogP contribution is 1.96. The number of rotatable bonds is 8. The van der Waals surface area contributed by atoms with Gasteiger partial charge in [-0.15, -0.1) is 0 Å². The normalized spacial score (nSPS) is 13.6. The molecule has 0 amide bonds. The van der Waals surface area contributed by atoms with E-state index in [9.17, 15) is 0 Å². The van der Waals surface area contributed by atoms with Crippen molar-refractivity contribution in [3.63, 3.8) is 0 Å². The average Bonchev–Trinajstić information content (AvgIpc) is 2.19. The first-order valence-electron chi connectivity index (χ1n) is 5.28. The molecule has 0 bridgehead atoms. The second kappa shape index (κ2) is 8.48. The van der Waals surface area contributed by atoms with Crippen molar-refractivity contribution in [1.82, 2.24) is 10.2 Å². The number of hydrogen-bond acceptors (Lipinski definition) is 3. The Morgan fingerprint density at radius 2 is 2.08 bits per heavy atom. The molecule has 0 aromatic carbocycles. The van der Waals surface area contributed by atoms with Crippen LogP contribution in [0.25, 0.3) is 0 Å². The third-order valence-electron chi connectivity index (χ3n) is 2.38. The largest absolute Gasteiger partial charge is 0.395 e. The minimum absolute atomic E-state index is 0.219. The van der Waals surface area contributed by atoms with Gasteiger partial charge in [-0.2, -0.15) is 0 Å². The Kier molecular flexibility index (Phi) is 8.40. The number of hydrogen-bond donors (Lipinski definition) is 2. The van der Waals surface area contributed by atoms with E-state index in [2.05, 4.69) is 24.1 Å². The summed E-state index contributed by atoms with van der Waals surface area (Å²) in [6.07, 6.45) is 2.48. The summed E-state index contributed by atoms with van der Waals surface area (Å²) in [7, 11) is 1.90. The predicted octanol–water partition coefficient (Wildman–Crippen LogP) is 0.689. The molecule has 0 radical (unpaired) electrons. The number of nitrogens with zero attached hydrogens (tertiary/aromatic N) is 1. The van der Waals surface area contributed by atoms with Crippen LogP contribution in [0, 0.1) is 0 Å². The third kappa shape index (κ3) is 6.02. The first-order valence-corrected chi connectivity index (χ1v) is 5.28. The van der Waals surface area contributed by atoms with Crippen LogP contribution in [-0.2, 0) is 0 Å². The Balaban J connectivity index is 3.67. The standard InChI is InChI=1S/C10H24N2O/c1-4-6-7-12(5-2)8-10(9-13)11-3/h10-11,13H,4-9H2,1-3H3. The zero-order valence-electron chi connectivity index (χ0n) is 9.21. The van der Waals surface area contributed by atoms with Gasteiger partial charge in [0.2, 0.25) is 0 Å². The van der Waals surface area contributed by atoms with Crippen LogP contribution in [0.15, 0.2) is 0 Å². The fraction of sp³-hybridized carbons (Fsp3) is 1.00. The molecule has 3 heteroatoms. The van der Waals surface area contributed by atoms with Gasteiger partial charge in [0, 0.05) is 12.6 Å². The molecule has 1 atom stereocenters. The molecule has 13 heavy (non-hydrogen) atoms. The highest BCUT2D eigenvalue weighted by molar-refractivity contribution is 4.68. The molecule has 2 N–H and O–H groups in total. The number of likely N-dealkylation sites (N-methyl/N-ethyl adjacent to an activating group) is 2. The number of nitrogens with one attached hydrogen (secondary N) is 1. The Bertz CT molecular complexity index is 105. The molecule has 80 valence electrons. The maximum Gasteiger partial charge on any atom is 0.0597 e. The molecule has 3 nitrogen and oxygen atoms in total. The highest BCUT2D eigenvalue weighted by atomic mass is 16.3. The fourth-order valence-corrected chi connectivity index (χ4v) is 1.31. The van der Waals surface area contributed by atoms with Crippen molar-refractivity contribution in [2.24, 2.45) is 0 Å². The first kappa shape index (κ1) is 12.9. The lowest BCUT2D eigenvalue weighted by Gasteiger charge is -2.24. The maximum atomic E-state index is 9.01. The summed E-state index contributed by atoms with van der Waals surface area (Å²) < 4.78 is 0. The molecule has 0 saturated heterocycles. The molecule has 0 spiro atoms. The van der Waals surface area contributed by atoms with E-state index in [4.69, 9.17) is 5.11 Å². The first-order chi connectivity index (χ1) is 6.28. The summed E-state index contributed by atoms with van der Waals surface area (Å²) in [4.78, 5) is 2.38. The Labute approximate surface area is 82.1 Å². The quantitative estimate of drug-likeness (QED) is 0.588. The van der Waals surface area contributed by atoms with Gasteiger partial charge in [0.15, 0.2) is 0 Å². The second-order valence-electron chi connectivity index (χ2n) is 3.41. The second-order valence-corrected chi connectivity index (χ2v) is 3.41. The zero-order valence-corrected chi connectivity index (χ0v) is 9.21. The van der Waals surface area contributed by atoms with Crippen LogP contribution in [0.5, 0.6) is 0 Å². The van der Waals surface area contributed by atoms with E-state index in [0.717, 1.165) is 19.6 Å². The lowest BCUT2D eigenvalue weighted by Crippen LogP contribution is -2.42. The molecule has 0 aromatic rings. The number of unbranched alkanes of at least 4 members (excludes halogenated alkanes) is 1. The Morgan fingerprint density at radius 3 is 2.46 bits per heavy atom. The topological polar surface area (TPSA) is 35.5 Å². The van der Waals surface area contributed by atoms with Crippen molar-refractivity contribution in [3.8, 4) is 0 Å². The SMILES string of the molecule is CCCCN(CC)CC(CO)NC. The smallest absolute Gasteiger partial charge is 0.0597 e. The van der Waals surface area contributed by atoms with Crippen LogP contribution in [0.1, 0.15) is 26.7 Å². The van der Waals surface area contributed by atoms with Crippen molar-refractivity contribution >= 4 is 0 Å². The summed E-state index contributed by atoms with van der Waals surface area (Å²) in [5, 5.41) is 12.1. The van der Waals surface area contributed by atoms with Crippen molar-refractivity contribution in [2.45, 2.75) is 32.7 Å². The van der Waals surface area contributed by atoms with Gasteiger partial charge in [-0.1, -0.05) is 20.3 Å². The zero-order chi connectivity index (χ0) is 10.1. The lowest BCUT2D eigenvalue weighted by molar-refractivity contribution is 0.189. The van der Waals surface area contributed by atoms with Crippen molar-refractivity contribution in [1.29, 1.82) is 0 Å². The summed E-state index contributed by atoms with van der Waals surface area (Å²) in [5.41, 5.74) is 0. The molecule has 0 aromatic heterocycles. The van der Waals surface area contributed by atoms with Crippen molar-refractivity contribution < 1.29 is 5.11 Å². The monoisotopic (exact) mass is 188 g/mol. The molecular weight excluding hydrogens is 164 g/mol. The van der Waals surface area contributed by atoms with Gasteiger partial charge in [0.05, 0.1) is 6.61 Å². The van der Waals surface area contributed by atoms with Crippen LogP contribution in [0.4, 0.5) is 0 Å². The minimum Gasteiger partial charge on any atom is -0.395 e. The van der Waals surface area contributed by atoms with E-state index in [1.807, 2.05) is 7.05 Å². The van der Waals surface area contributed by atoms with Gasteiger partial charge in [0.1, 0.15) is 0 Å². The van der Waals surface area contributed by atoms with Crippen molar-refractivity contribution in [3.05, 3.63) is 0 Å². The minimum atomic E-state index is 0.219. The van der Waals surface area contributed by atoms with Crippen molar-refractivity contribution in [2.75, 3.05) is 33.3 Å². The molecule has 0 rings (SSSR count). The van der Waals surface area contributed by atoms with Gasteiger partial charge < -0.3 is 15.3 Å². The molecule has 0 saturated carbocycles. The Hall–Kier alpha value is -0.120. The van der Waals surface area contributed by atoms with Gasteiger partial charge in [-0.25, -0.2) is 0 Å². The summed E-state index contributed by atoms with van der Waals surface area (Å²) in [5.74, 6) is 0. The van der Waals surface area contributed by atoms with Gasteiger partial charge in [0.25, 0.3) is 0 Å². The maximum absolute atomic E-state index is 9.01. The third-order valence-corrected chi connectivity index (χ3v) is 2.38. The molecular formula is C10H24N2O. The average molecular weight is 188 g/mol. The predicted molar refractivity (Wildman–Crippen MR) is 57.0 cm³/mol. The van der Waals surface area contributed by atoms with E-state index >= 15 is 0 Å². The fourth-order valence-electron chi connectivity index (χ4n) is 1.31. The van der Waals surface area contributed by atoms with Crippen LogP contribution in [0.2, 0.25) is 0 Å². The van der Waals surface area contributed by atoms with Gasteiger partial charge in [-0.05, 0) is 26.6 Å². The van der Waals surface area contributed by atoms with E-state index in [1.54, 1.807) is 0 Å². The summed E-state index contributed by atoms with van der Waals surface area (Å²) >= 11 is 0. The van der Waals surface area contributed by atoms with E-state index < -0.39 is 0 Å². The summed E-state index contributed by atoms with van der Waals surface area (Å²) in [6.45, 7) is 7.75. The molecule has 0 fully saturated rings. The summed E-state index contributed by atoms with van der Waals surface area (Å²) in [6, 6.07) is 0.219. The molecule has 0 aliphatic carbocycles. The molecule has 0 aliphatic heterocycles. The number of aliphatic hydroxyl groups excluding tert-OH is 1. The Morgan fingerprint density at radius 1 is 1.38 bits per heavy atom. The van der Waals surface area contributed by atoms with E-state index in [1.165, 1.54) is 12.8 Å². The molecule has 1 unspecified atom stereocenters. The highest BCUT2D eigenvalue weighted by Gasteiger charge is 2.09. The lowest BCUT2D eigenvalue weighted by atomic mass is 10.2. The van der Waals surface area contributed by atoms with Crippen LogP contribution < -0.4 is 5.32 Å². The molecule has 0 aliphatic rings.